The molecule has 0 amide bonds. The molecule has 0 fully saturated rings. The molecule has 0 spiro atoms. The van der Waals surface area contributed by atoms with Gasteiger partial charge in [-0.05, 0) is 63.7 Å². The van der Waals surface area contributed by atoms with Gasteiger partial charge in [-0.3, -0.25) is 0 Å². The Hall–Kier alpha value is -3.98. The van der Waals surface area contributed by atoms with Crippen molar-refractivity contribution < 1.29 is 4.42 Å². The maximum atomic E-state index is 5.98. The van der Waals surface area contributed by atoms with Crippen LogP contribution >= 0.6 is 0 Å². The van der Waals surface area contributed by atoms with Gasteiger partial charge in [-0.2, -0.15) is 0 Å². The van der Waals surface area contributed by atoms with Crippen LogP contribution in [0.15, 0.2) is 95.4 Å². The fourth-order valence-electron chi connectivity index (χ4n) is 4.07. The molecule has 0 saturated carbocycles. The molecule has 1 aliphatic rings. The van der Waals surface area contributed by atoms with Gasteiger partial charge in [-0.1, -0.05) is 72.8 Å². The molecule has 3 nitrogen and oxygen atoms in total. The van der Waals surface area contributed by atoms with Gasteiger partial charge >= 0.3 is 0 Å². The highest BCUT2D eigenvalue weighted by Crippen LogP contribution is 2.33. The second kappa shape index (κ2) is 6.82. The topological polar surface area (TPSA) is 38.9 Å². The molecule has 0 atom stereocenters. The summed E-state index contributed by atoms with van der Waals surface area (Å²) in [4.78, 5) is 0. The maximum absolute atomic E-state index is 5.98. The quantitative estimate of drug-likeness (QED) is 0.348. The number of rotatable bonds is 3. The van der Waals surface area contributed by atoms with Crippen LogP contribution in [0, 0.1) is 0 Å². The van der Waals surface area contributed by atoms with Gasteiger partial charge in [0.05, 0.1) is 0 Å². The molecule has 1 aliphatic carbocycles. The Bertz CT molecular complexity index is 1410. The second-order valence-electron chi connectivity index (χ2n) is 7.60. The molecule has 5 aromatic rings. The molecule has 0 bridgehead atoms. The predicted octanol–water partition coefficient (Wildman–Crippen LogP) is 6.65. The lowest BCUT2D eigenvalue weighted by Crippen LogP contribution is -1.86. The first-order valence-electron chi connectivity index (χ1n) is 10.1. The summed E-state index contributed by atoms with van der Waals surface area (Å²) in [7, 11) is 0. The minimum Gasteiger partial charge on any atom is -0.416 e. The molecule has 4 aromatic carbocycles. The van der Waals surface area contributed by atoms with Crippen LogP contribution in [0.2, 0.25) is 0 Å². The normalized spacial score (nSPS) is 12.7. The molecule has 6 rings (SSSR count). The van der Waals surface area contributed by atoms with Crippen molar-refractivity contribution in [3.63, 3.8) is 0 Å². The molecular weight excluding hydrogens is 368 g/mol. The Morgan fingerprint density at radius 2 is 1.27 bits per heavy atom. The lowest BCUT2D eigenvalue weighted by atomic mass is 10.0. The van der Waals surface area contributed by atoms with Gasteiger partial charge in [0.15, 0.2) is 0 Å². The zero-order valence-electron chi connectivity index (χ0n) is 16.2. The summed E-state index contributed by atoms with van der Waals surface area (Å²) in [6.07, 6.45) is 3.25. The highest BCUT2D eigenvalue weighted by Gasteiger charge is 2.15. The predicted molar refractivity (Wildman–Crippen MR) is 121 cm³/mol. The third kappa shape index (κ3) is 2.92. The van der Waals surface area contributed by atoms with Crippen LogP contribution in [0.25, 0.3) is 45.3 Å². The van der Waals surface area contributed by atoms with Gasteiger partial charge < -0.3 is 4.42 Å². The monoisotopic (exact) mass is 386 g/mol. The number of allylic oxidation sites excluding steroid dienone is 1. The summed E-state index contributed by atoms with van der Waals surface area (Å²) < 4.78 is 5.98. The number of hydrogen-bond donors (Lipinski definition) is 0. The fourth-order valence-corrected chi connectivity index (χ4v) is 4.07. The van der Waals surface area contributed by atoms with E-state index in [-0.39, 0.29) is 0 Å². The van der Waals surface area contributed by atoms with Crippen molar-refractivity contribution in [2.45, 2.75) is 6.42 Å². The number of hydrogen-bond acceptors (Lipinski definition) is 3. The lowest BCUT2D eigenvalue weighted by molar-refractivity contribution is 0.584. The molecule has 0 radical (unpaired) electrons. The highest BCUT2D eigenvalue weighted by atomic mass is 16.4. The van der Waals surface area contributed by atoms with Crippen molar-refractivity contribution in [3.05, 3.63) is 108 Å². The molecule has 3 heteroatoms. The number of fused-ring (bicyclic) bond motifs is 2. The molecular formula is C27H18N2O. The van der Waals surface area contributed by atoms with Crippen molar-refractivity contribution in [2.75, 3.05) is 0 Å². The summed E-state index contributed by atoms with van der Waals surface area (Å²) in [5.41, 5.74) is 7.11. The third-order valence-corrected chi connectivity index (χ3v) is 5.69. The Morgan fingerprint density at radius 3 is 2.10 bits per heavy atom. The van der Waals surface area contributed by atoms with Crippen molar-refractivity contribution in [2.24, 2.45) is 0 Å². The smallest absolute Gasteiger partial charge is 0.248 e. The van der Waals surface area contributed by atoms with Gasteiger partial charge in [0.1, 0.15) is 0 Å². The molecule has 142 valence electrons. The van der Waals surface area contributed by atoms with E-state index in [4.69, 9.17) is 4.42 Å². The highest BCUT2D eigenvalue weighted by molar-refractivity contribution is 5.89. The summed E-state index contributed by atoms with van der Waals surface area (Å²) in [6.45, 7) is 0. The van der Waals surface area contributed by atoms with Crippen molar-refractivity contribution in [3.8, 4) is 22.9 Å². The average molecular weight is 386 g/mol. The second-order valence-corrected chi connectivity index (χ2v) is 7.60. The Morgan fingerprint density at radius 1 is 0.600 bits per heavy atom. The van der Waals surface area contributed by atoms with Crippen LogP contribution in [0.3, 0.4) is 0 Å². The largest absolute Gasteiger partial charge is 0.416 e. The summed E-state index contributed by atoms with van der Waals surface area (Å²) in [5, 5.41) is 10.9. The van der Waals surface area contributed by atoms with Gasteiger partial charge in [0.25, 0.3) is 0 Å². The summed E-state index contributed by atoms with van der Waals surface area (Å²) in [6, 6.07) is 31.4. The average Bonchev–Trinajstić information content (AvgIpc) is 3.46. The number of benzene rings is 4. The van der Waals surface area contributed by atoms with Crippen LogP contribution in [0.1, 0.15) is 16.7 Å². The van der Waals surface area contributed by atoms with Crippen LogP contribution in [0.5, 0.6) is 0 Å². The Balaban J connectivity index is 1.27. The number of aromatic nitrogens is 2. The van der Waals surface area contributed by atoms with Crippen LogP contribution in [0.4, 0.5) is 0 Å². The minimum atomic E-state index is 0.536. The first kappa shape index (κ1) is 16.9. The van der Waals surface area contributed by atoms with E-state index >= 15 is 0 Å². The zero-order chi connectivity index (χ0) is 19.9. The summed E-state index contributed by atoms with van der Waals surface area (Å²) in [5.74, 6) is 1.07. The SMILES string of the molecule is C1=C(c2ccc(-c3nnc(-c4ccc5ccccc5c4)o3)cc2)Cc2ccccc21. The van der Waals surface area contributed by atoms with E-state index in [0.717, 1.165) is 22.9 Å². The molecule has 0 saturated heterocycles. The van der Waals surface area contributed by atoms with E-state index in [2.05, 4.69) is 89.1 Å². The van der Waals surface area contributed by atoms with Crippen molar-refractivity contribution >= 4 is 22.4 Å². The molecule has 30 heavy (non-hydrogen) atoms. The van der Waals surface area contributed by atoms with Gasteiger partial charge in [-0.25, -0.2) is 0 Å². The van der Waals surface area contributed by atoms with E-state index in [0.29, 0.717) is 11.8 Å². The van der Waals surface area contributed by atoms with Crippen LogP contribution in [-0.2, 0) is 6.42 Å². The summed E-state index contributed by atoms with van der Waals surface area (Å²) >= 11 is 0. The molecule has 0 aliphatic heterocycles. The first-order valence-corrected chi connectivity index (χ1v) is 10.1. The lowest BCUT2D eigenvalue weighted by Gasteiger charge is -2.03. The first-order chi connectivity index (χ1) is 14.8. The molecule has 0 unspecified atom stereocenters. The molecule has 0 N–H and O–H groups in total. The van der Waals surface area contributed by atoms with Crippen LogP contribution in [-0.4, -0.2) is 10.2 Å². The fraction of sp³-hybridized carbons (Fsp3) is 0.0370. The molecule has 1 aromatic heterocycles. The van der Waals surface area contributed by atoms with E-state index in [9.17, 15) is 0 Å². The van der Waals surface area contributed by atoms with E-state index in [1.807, 2.05) is 18.2 Å². The minimum absolute atomic E-state index is 0.536. The zero-order valence-corrected chi connectivity index (χ0v) is 16.2. The standard InChI is InChI=1S/C27H18N2O/c1-2-6-21-15-24(14-11-18(21)5-1)27-29-28-26(30-27)20-12-9-19(10-13-20)25-16-22-7-3-4-8-23(22)17-25/h1-16H,17H2. The van der Waals surface area contributed by atoms with E-state index < -0.39 is 0 Å². The van der Waals surface area contributed by atoms with Gasteiger partial charge in [0.2, 0.25) is 11.8 Å². The van der Waals surface area contributed by atoms with E-state index in [1.54, 1.807) is 0 Å². The third-order valence-electron chi connectivity index (χ3n) is 5.69. The molecule has 1 heterocycles. The van der Waals surface area contributed by atoms with Crippen LogP contribution < -0.4 is 0 Å². The van der Waals surface area contributed by atoms with Crippen molar-refractivity contribution in [1.82, 2.24) is 10.2 Å². The Labute approximate surface area is 174 Å². The van der Waals surface area contributed by atoms with E-state index in [1.165, 1.54) is 27.6 Å². The maximum Gasteiger partial charge on any atom is 0.248 e. The number of nitrogens with zero attached hydrogens (tertiary/aromatic N) is 2. The Kier molecular flexibility index (Phi) is 3.85. The van der Waals surface area contributed by atoms with Gasteiger partial charge in [-0.15, -0.1) is 10.2 Å². The van der Waals surface area contributed by atoms with Gasteiger partial charge in [0, 0.05) is 11.1 Å². The van der Waals surface area contributed by atoms with Crippen molar-refractivity contribution in [1.29, 1.82) is 0 Å².